The molecule has 0 aromatic carbocycles. The van der Waals surface area contributed by atoms with Crippen LogP contribution in [0.1, 0.15) is 99.8 Å². The van der Waals surface area contributed by atoms with Crippen LogP contribution in [0.4, 0.5) is 9.59 Å². The van der Waals surface area contributed by atoms with Gasteiger partial charge in [0, 0.05) is 12.3 Å². The highest BCUT2D eigenvalue weighted by Crippen LogP contribution is 2.87. The number of ether oxygens (including phenoxy) is 4. The van der Waals surface area contributed by atoms with Gasteiger partial charge in [0.1, 0.15) is 18.3 Å². The molecule has 0 aromatic rings. The first-order valence-electron chi connectivity index (χ1n) is 16.5. The molecule has 13 atom stereocenters. The van der Waals surface area contributed by atoms with Crippen LogP contribution in [-0.4, -0.2) is 64.9 Å². The fourth-order valence-corrected chi connectivity index (χ4v) is 12.6. The molecule has 7 N–H and O–H groups in total. The maximum Gasteiger partial charge on any atom is 0.404 e. The van der Waals surface area contributed by atoms with E-state index in [0.29, 0.717) is 12.3 Å². The molecule has 6 aliphatic rings. The lowest BCUT2D eigenvalue weighted by Gasteiger charge is -2.63. The number of hydrogen-bond donors (Lipinski definition) is 4. The van der Waals surface area contributed by atoms with Crippen molar-refractivity contribution in [2.45, 2.75) is 141 Å². The summed E-state index contributed by atoms with van der Waals surface area (Å²) in [4.78, 5) is 36.4. The smallest absolute Gasteiger partial charge is 0.404 e. The van der Waals surface area contributed by atoms with Gasteiger partial charge in [-0.1, -0.05) is 27.7 Å². The van der Waals surface area contributed by atoms with Crippen molar-refractivity contribution in [3.8, 4) is 0 Å². The summed E-state index contributed by atoms with van der Waals surface area (Å²) < 4.78 is 24.2. The van der Waals surface area contributed by atoms with Gasteiger partial charge < -0.3 is 41.3 Å². The summed E-state index contributed by atoms with van der Waals surface area (Å²) in [6.45, 7) is 13.4. The molecular weight excluding hydrogens is 566 g/mol. The van der Waals surface area contributed by atoms with Gasteiger partial charge in [-0.05, 0) is 105 Å². The third-order valence-corrected chi connectivity index (χ3v) is 14.0. The molecule has 6 fully saturated rings. The first kappa shape index (κ1) is 31.9. The molecule has 11 heteroatoms. The summed E-state index contributed by atoms with van der Waals surface area (Å²) >= 11 is 0. The highest BCUT2D eigenvalue weighted by Gasteiger charge is 2.86. The summed E-state index contributed by atoms with van der Waals surface area (Å²) in [5.41, 5.74) is 16.2. The van der Waals surface area contributed by atoms with Crippen LogP contribution >= 0.6 is 0 Å². The predicted octanol–water partition coefficient (Wildman–Crippen LogP) is 3.76. The minimum Gasteiger partial charge on any atom is -0.457 e. The van der Waals surface area contributed by atoms with Crippen LogP contribution in [0.3, 0.4) is 0 Å². The Labute approximate surface area is 260 Å². The maximum atomic E-state index is 12.6. The van der Waals surface area contributed by atoms with E-state index in [1.165, 1.54) is 6.92 Å². The third-order valence-electron chi connectivity index (χ3n) is 14.0. The summed E-state index contributed by atoms with van der Waals surface area (Å²) in [6.07, 6.45) is 2.31. The molecule has 1 heterocycles. The molecule has 2 amide bonds. The summed E-state index contributed by atoms with van der Waals surface area (Å²) in [5.74, 6) is 0.00473. The highest BCUT2D eigenvalue weighted by molar-refractivity contribution is 5.66. The zero-order chi connectivity index (χ0) is 32.4. The van der Waals surface area contributed by atoms with Crippen molar-refractivity contribution in [2.24, 2.45) is 62.5 Å². The third kappa shape index (κ3) is 4.06. The van der Waals surface area contributed by atoms with Gasteiger partial charge in [-0.2, -0.15) is 0 Å². The van der Waals surface area contributed by atoms with E-state index in [2.05, 4.69) is 27.7 Å². The Bertz CT molecular complexity index is 1240. The van der Waals surface area contributed by atoms with E-state index in [9.17, 15) is 19.5 Å². The monoisotopic (exact) mass is 619 g/mol. The van der Waals surface area contributed by atoms with Gasteiger partial charge in [0.2, 0.25) is 0 Å². The molecule has 2 spiro atoms. The van der Waals surface area contributed by atoms with Gasteiger partial charge in [-0.25, -0.2) is 9.59 Å². The molecule has 5 aliphatic carbocycles. The van der Waals surface area contributed by atoms with Crippen LogP contribution < -0.4 is 17.2 Å². The van der Waals surface area contributed by atoms with Gasteiger partial charge in [-0.15, -0.1) is 0 Å². The second-order valence-corrected chi connectivity index (χ2v) is 16.7. The predicted molar refractivity (Wildman–Crippen MR) is 160 cm³/mol. The second kappa shape index (κ2) is 9.70. The fourth-order valence-electron chi connectivity index (χ4n) is 12.6. The molecule has 13 unspecified atom stereocenters. The van der Waals surface area contributed by atoms with Crippen molar-refractivity contribution in [3.63, 3.8) is 0 Å². The maximum absolute atomic E-state index is 12.6. The molecule has 1 saturated heterocycles. The van der Waals surface area contributed by atoms with Crippen molar-refractivity contribution >= 4 is 18.2 Å². The van der Waals surface area contributed by atoms with E-state index < -0.39 is 59.1 Å². The van der Waals surface area contributed by atoms with Crippen LogP contribution in [0.25, 0.3) is 0 Å². The van der Waals surface area contributed by atoms with Gasteiger partial charge in [0.15, 0.2) is 6.10 Å². The van der Waals surface area contributed by atoms with Crippen molar-refractivity contribution in [2.75, 3.05) is 0 Å². The molecular formula is C33H53N3O8. The normalized spacial score (nSPS) is 49.1. The molecule has 44 heavy (non-hydrogen) atoms. The van der Waals surface area contributed by atoms with Crippen LogP contribution in [0.5, 0.6) is 0 Å². The lowest BCUT2D eigenvalue weighted by molar-refractivity contribution is -0.215. The number of nitrogens with two attached hydrogens (primary N) is 3. The van der Waals surface area contributed by atoms with E-state index in [1.807, 2.05) is 0 Å². The number of carbonyl (C=O) groups is 3. The molecule has 11 nitrogen and oxygen atoms in total. The molecule has 6 rings (SSSR count). The lowest BCUT2D eigenvalue weighted by atomic mass is 9.43. The number of fused-ring (bicyclic) bond motifs is 4. The molecule has 0 bridgehead atoms. The van der Waals surface area contributed by atoms with Crippen LogP contribution in [0.2, 0.25) is 0 Å². The van der Waals surface area contributed by atoms with Gasteiger partial charge in [0.25, 0.3) is 0 Å². The molecule has 248 valence electrons. The van der Waals surface area contributed by atoms with Gasteiger partial charge in [-0.3, -0.25) is 4.79 Å². The van der Waals surface area contributed by atoms with Crippen molar-refractivity contribution in [3.05, 3.63) is 0 Å². The Balaban J connectivity index is 1.38. The van der Waals surface area contributed by atoms with Crippen molar-refractivity contribution in [1.29, 1.82) is 0 Å². The first-order chi connectivity index (χ1) is 20.3. The highest BCUT2D eigenvalue weighted by atomic mass is 16.6. The van der Waals surface area contributed by atoms with Crippen LogP contribution in [-0.2, 0) is 23.7 Å². The largest absolute Gasteiger partial charge is 0.457 e. The Morgan fingerprint density at radius 3 is 2.16 bits per heavy atom. The SMILES string of the molecule is CC(=O)OC(C1CC(C)C2C(O1)C(OC(N)=O)C1(N)C3CCC4C(C)(C)C(OC(N)=O)CCC45CC35CCC21C)C(C)(C)O. The average molecular weight is 620 g/mol. The van der Waals surface area contributed by atoms with Gasteiger partial charge in [0.05, 0.1) is 17.2 Å². The quantitative estimate of drug-likeness (QED) is 0.263. The lowest BCUT2D eigenvalue weighted by Crippen LogP contribution is -2.70. The number of aliphatic hydroxyl groups is 1. The average Bonchev–Trinajstić information content (AvgIpc) is 3.51. The van der Waals surface area contributed by atoms with Crippen LogP contribution in [0, 0.1) is 45.3 Å². The number of primary amides is 2. The summed E-state index contributed by atoms with van der Waals surface area (Å²) in [7, 11) is 0. The molecule has 0 radical (unpaired) electrons. The van der Waals surface area contributed by atoms with E-state index >= 15 is 0 Å². The number of hydrogen-bond acceptors (Lipinski definition) is 9. The number of carbonyl (C=O) groups excluding carboxylic acids is 3. The Morgan fingerprint density at radius 1 is 0.955 bits per heavy atom. The van der Waals surface area contributed by atoms with E-state index in [4.69, 9.17) is 36.1 Å². The van der Waals surface area contributed by atoms with E-state index in [0.717, 1.165) is 44.9 Å². The number of amides is 2. The van der Waals surface area contributed by atoms with Crippen molar-refractivity contribution < 1.29 is 38.4 Å². The van der Waals surface area contributed by atoms with Crippen molar-refractivity contribution in [1.82, 2.24) is 0 Å². The number of esters is 1. The Hall–Kier alpha value is -2.11. The van der Waals surface area contributed by atoms with Crippen LogP contribution in [0.15, 0.2) is 0 Å². The zero-order valence-electron chi connectivity index (χ0n) is 27.4. The minimum atomic E-state index is -1.36. The minimum absolute atomic E-state index is 0.0120. The molecule has 0 aromatic heterocycles. The van der Waals surface area contributed by atoms with E-state index in [-0.39, 0.29) is 40.1 Å². The molecule has 1 aliphatic heterocycles. The summed E-state index contributed by atoms with van der Waals surface area (Å²) in [6, 6.07) is 0. The number of rotatable bonds is 5. The summed E-state index contributed by atoms with van der Waals surface area (Å²) in [5, 5.41) is 11.0. The Morgan fingerprint density at radius 2 is 1.57 bits per heavy atom. The zero-order valence-corrected chi connectivity index (χ0v) is 27.4. The standard InChI is InChI=1S/C33H53N3O8/c1-16-14-18(24(29(5,6)40)41-17(2)37)42-23-22(16)30(7)12-13-32-15-31(32)11-10-21(43-26(34)38)28(3,4)19(31)8-9-20(32)33(30,36)25(23)44-27(35)39/h16,18-25,40H,8-15,36H2,1-7H3,(H2,34,38)(H2,35,39). The fraction of sp³-hybridized carbons (Fsp3) is 0.909. The molecule has 5 saturated carbocycles. The first-order valence-corrected chi connectivity index (χ1v) is 16.5. The van der Waals surface area contributed by atoms with Gasteiger partial charge >= 0.3 is 18.2 Å². The van der Waals surface area contributed by atoms with E-state index in [1.54, 1.807) is 13.8 Å². The topological polar surface area (TPSA) is 186 Å². The second-order valence-electron chi connectivity index (χ2n) is 16.7. The Kier molecular flexibility index (Phi) is 7.02.